The Labute approximate surface area is 179 Å². The first kappa shape index (κ1) is 19.1. The van der Waals surface area contributed by atoms with Crippen molar-refractivity contribution in [3.05, 3.63) is 64.5 Å². The van der Waals surface area contributed by atoms with E-state index >= 15 is 0 Å². The van der Waals surface area contributed by atoms with Crippen LogP contribution in [0.4, 0.5) is 0 Å². The molecule has 5 rings (SSSR count). The van der Waals surface area contributed by atoms with E-state index in [2.05, 4.69) is 22.3 Å². The van der Waals surface area contributed by atoms with Gasteiger partial charge in [0, 0.05) is 16.6 Å². The van der Waals surface area contributed by atoms with Gasteiger partial charge in [0.2, 0.25) is 11.8 Å². The highest BCUT2D eigenvalue weighted by atomic mass is 35.5. The number of halogens is 1. The number of rotatable bonds is 7. The van der Waals surface area contributed by atoms with Crippen LogP contribution in [0.1, 0.15) is 36.3 Å². The van der Waals surface area contributed by atoms with Gasteiger partial charge in [-0.3, -0.25) is 4.79 Å². The minimum absolute atomic E-state index is 0.00741. The quantitative estimate of drug-likeness (QED) is 0.561. The zero-order chi connectivity index (χ0) is 20.5. The second-order valence-corrected chi connectivity index (χ2v) is 8.27. The van der Waals surface area contributed by atoms with Gasteiger partial charge in [-0.1, -0.05) is 17.7 Å². The summed E-state index contributed by atoms with van der Waals surface area (Å²) in [7, 11) is 0. The molecule has 6 nitrogen and oxygen atoms in total. The van der Waals surface area contributed by atoms with Crippen LogP contribution in [0.25, 0.3) is 11.5 Å². The molecular weight excluding hydrogens is 402 g/mol. The monoisotopic (exact) mass is 423 g/mol. The summed E-state index contributed by atoms with van der Waals surface area (Å²) in [5.74, 6) is 1.52. The van der Waals surface area contributed by atoms with Crippen LogP contribution in [0.5, 0.6) is 5.75 Å². The molecule has 1 saturated carbocycles. The molecule has 1 amide bonds. The predicted molar refractivity (Wildman–Crippen MR) is 112 cm³/mol. The van der Waals surface area contributed by atoms with Crippen LogP contribution in [0.15, 0.2) is 46.9 Å². The number of benzene rings is 2. The van der Waals surface area contributed by atoms with Crippen molar-refractivity contribution >= 4 is 17.5 Å². The highest BCUT2D eigenvalue weighted by Crippen LogP contribution is 2.30. The fraction of sp³-hybridized carbons (Fsp3) is 0.348. The standard InChI is InChI=1S/C23H22ClN3O3/c24-18-7-4-16(5-8-18)23-26-25-21(30-23)13-27(19-9-10-19)22(28)14-29-20-11-6-15-2-1-3-17(15)12-20/h4-8,11-12,19H,1-3,9-10,13-14H2. The lowest BCUT2D eigenvalue weighted by atomic mass is 10.1. The summed E-state index contributed by atoms with van der Waals surface area (Å²) in [6.45, 7) is 0.297. The van der Waals surface area contributed by atoms with Crippen molar-refractivity contribution in [1.82, 2.24) is 15.1 Å². The normalized spacial score (nSPS) is 15.1. The van der Waals surface area contributed by atoms with E-state index in [0.717, 1.165) is 37.0 Å². The highest BCUT2D eigenvalue weighted by Gasteiger charge is 2.34. The van der Waals surface area contributed by atoms with Gasteiger partial charge < -0.3 is 14.1 Å². The van der Waals surface area contributed by atoms with E-state index in [9.17, 15) is 4.79 Å². The van der Waals surface area contributed by atoms with Crippen LogP contribution in [0, 0.1) is 0 Å². The lowest BCUT2D eigenvalue weighted by Gasteiger charge is -2.20. The van der Waals surface area contributed by atoms with Crippen LogP contribution in [-0.2, 0) is 24.2 Å². The van der Waals surface area contributed by atoms with Crippen molar-refractivity contribution in [2.24, 2.45) is 0 Å². The number of hydrogen-bond acceptors (Lipinski definition) is 5. The number of amides is 1. The molecule has 1 fully saturated rings. The lowest BCUT2D eigenvalue weighted by Crippen LogP contribution is -2.36. The maximum atomic E-state index is 12.8. The molecule has 2 aliphatic carbocycles. The highest BCUT2D eigenvalue weighted by molar-refractivity contribution is 6.30. The average molecular weight is 424 g/mol. The summed E-state index contributed by atoms with van der Waals surface area (Å²) >= 11 is 5.93. The van der Waals surface area contributed by atoms with E-state index in [0.29, 0.717) is 16.8 Å². The smallest absolute Gasteiger partial charge is 0.261 e. The number of carbonyl (C=O) groups excluding carboxylic acids is 1. The molecule has 2 aliphatic rings. The molecule has 0 N–H and O–H groups in total. The van der Waals surface area contributed by atoms with E-state index in [-0.39, 0.29) is 25.1 Å². The zero-order valence-electron chi connectivity index (χ0n) is 16.5. The van der Waals surface area contributed by atoms with Crippen LogP contribution in [0.3, 0.4) is 0 Å². The summed E-state index contributed by atoms with van der Waals surface area (Å²) in [6, 6.07) is 13.5. The lowest BCUT2D eigenvalue weighted by molar-refractivity contribution is -0.134. The Morgan fingerprint density at radius 3 is 2.70 bits per heavy atom. The van der Waals surface area contributed by atoms with Gasteiger partial charge >= 0.3 is 0 Å². The Balaban J connectivity index is 1.23. The van der Waals surface area contributed by atoms with Gasteiger partial charge in [0.15, 0.2) is 6.61 Å². The number of nitrogens with zero attached hydrogens (tertiary/aromatic N) is 3. The third-order valence-electron chi connectivity index (χ3n) is 5.60. The van der Waals surface area contributed by atoms with Gasteiger partial charge in [-0.05, 0) is 79.6 Å². The molecule has 0 saturated heterocycles. The molecular formula is C23H22ClN3O3. The van der Waals surface area contributed by atoms with Crippen LogP contribution in [0.2, 0.25) is 5.02 Å². The number of aryl methyl sites for hydroxylation is 2. The van der Waals surface area contributed by atoms with Crippen LogP contribution < -0.4 is 4.74 Å². The number of aromatic nitrogens is 2. The summed E-state index contributed by atoms with van der Waals surface area (Å²) in [4.78, 5) is 14.6. The van der Waals surface area contributed by atoms with Crippen molar-refractivity contribution in [2.45, 2.75) is 44.7 Å². The van der Waals surface area contributed by atoms with E-state index in [1.54, 1.807) is 17.0 Å². The summed E-state index contributed by atoms with van der Waals surface area (Å²) < 4.78 is 11.6. The molecule has 0 bridgehead atoms. The molecule has 1 aromatic heterocycles. The Morgan fingerprint density at radius 2 is 1.90 bits per heavy atom. The van der Waals surface area contributed by atoms with Crippen LogP contribution >= 0.6 is 11.6 Å². The van der Waals surface area contributed by atoms with Gasteiger partial charge in [-0.15, -0.1) is 10.2 Å². The van der Waals surface area contributed by atoms with Gasteiger partial charge in [0.1, 0.15) is 5.75 Å². The molecule has 0 aliphatic heterocycles. The number of fused-ring (bicyclic) bond motifs is 1. The maximum Gasteiger partial charge on any atom is 0.261 e. The Morgan fingerprint density at radius 1 is 1.10 bits per heavy atom. The average Bonchev–Trinajstić information content (AvgIpc) is 3.30. The van der Waals surface area contributed by atoms with E-state index in [1.807, 2.05) is 18.2 Å². The summed E-state index contributed by atoms with van der Waals surface area (Å²) in [5.41, 5.74) is 3.52. The van der Waals surface area contributed by atoms with Crippen molar-refractivity contribution in [3.8, 4) is 17.2 Å². The van der Waals surface area contributed by atoms with Gasteiger partial charge in [0.05, 0.1) is 6.54 Å². The molecule has 0 unspecified atom stereocenters. The fourth-order valence-electron chi connectivity index (χ4n) is 3.85. The molecule has 7 heteroatoms. The molecule has 0 spiro atoms. The van der Waals surface area contributed by atoms with Gasteiger partial charge in [0.25, 0.3) is 5.91 Å². The van der Waals surface area contributed by atoms with E-state index < -0.39 is 0 Å². The molecule has 0 atom stereocenters. The second kappa shape index (κ2) is 8.11. The van der Waals surface area contributed by atoms with Gasteiger partial charge in [-0.25, -0.2) is 0 Å². The topological polar surface area (TPSA) is 68.5 Å². The summed E-state index contributed by atoms with van der Waals surface area (Å²) in [5, 5.41) is 8.87. The number of ether oxygens (including phenoxy) is 1. The largest absolute Gasteiger partial charge is 0.484 e. The minimum atomic E-state index is -0.0655. The SMILES string of the molecule is O=C(COc1ccc2c(c1)CCC2)N(Cc1nnc(-c2ccc(Cl)cc2)o1)C1CC1. The molecule has 1 heterocycles. The number of hydrogen-bond donors (Lipinski definition) is 0. The molecule has 30 heavy (non-hydrogen) atoms. The zero-order valence-corrected chi connectivity index (χ0v) is 17.3. The Hall–Kier alpha value is -2.86. The molecule has 2 aromatic carbocycles. The van der Waals surface area contributed by atoms with Crippen molar-refractivity contribution in [3.63, 3.8) is 0 Å². The molecule has 3 aromatic rings. The molecule has 0 radical (unpaired) electrons. The minimum Gasteiger partial charge on any atom is -0.484 e. The summed E-state index contributed by atoms with van der Waals surface area (Å²) in [6.07, 6.45) is 5.38. The maximum absolute atomic E-state index is 12.8. The van der Waals surface area contributed by atoms with E-state index in [4.69, 9.17) is 20.8 Å². The van der Waals surface area contributed by atoms with E-state index in [1.165, 1.54) is 17.5 Å². The van der Waals surface area contributed by atoms with Crippen molar-refractivity contribution in [1.29, 1.82) is 0 Å². The van der Waals surface area contributed by atoms with Gasteiger partial charge in [-0.2, -0.15) is 0 Å². The third kappa shape index (κ3) is 4.19. The first-order valence-electron chi connectivity index (χ1n) is 10.3. The fourth-order valence-corrected chi connectivity index (χ4v) is 3.97. The second-order valence-electron chi connectivity index (χ2n) is 7.83. The third-order valence-corrected chi connectivity index (χ3v) is 5.86. The molecule has 154 valence electrons. The number of carbonyl (C=O) groups is 1. The Bertz CT molecular complexity index is 1060. The first-order valence-corrected chi connectivity index (χ1v) is 10.7. The first-order chi connectivity index (χ1) is 14.7. The Kier molecular flexibility index (Phi) is 5.17. The van der Waals surface area contributed by atoms with Crippen LogP contribution in [-0.4, -0.2) is 33.7 Å². The predicted octanol–water partition coefficient (Wildman–Crippen LogP) is 4.45. The van der Waals surface area contributed by atoms with Crippen molar-refractivity contribution < 1.29 is 13.9 Å². The van der Waals surface area contributed by atoms with Crippen molar-refractivity contribution in [2.75, 3.05) is 6.61 Å².